The lowest BCUT2D eigenvalue weighted by molar-refractivity contribution is 0.0676. The molecule has 1 saturated heterocycles. The van der Waals surface area contributed by atoms with Gasteiger partial charge in [-0.05, 0) is 35.8 Å². The van der Waals surface area contributed by atoms with Crippen LogP contribution < -0.4 is 5.32 Å². The second-order valence-corrected chi connectivity index (χ2v) is 6.22. The van der Waals surface area contributed by atoms with Gasteiger partial charge in [-0.25, -0.2) is 4.39 Å². The Hall–Kier alpha value is -0.580. The molecule has 0 radical (unpaired) electrons. The second-order valence-electron chi connectivity index (χ2n) is 5.11. The van der Waals surface area contributed by atoms with E-state index in [1.807, 2.05) is 12.1 Å². The molecule has 1 aliphatic rings. The quantitative estimate of drug-likeness (QED) is 0.861. The van der Waals surface area contributed by atoms with E-state index < -0.39 is 5.60 Å². The number of hydrogen-bond acceptors (Lipinski definition) is 3. The van der Waals surface area contributed by atoms with Gasteiger partial charge in [0, 0.05) is 18.8 Å². The molecule has 100 valence electrons. The summed E-state index contributed by atoms with van der Waals surface area (Å²) < 4.78 is 12.8. The van der Waals surface area contributed by atoms with Crippen LogP contribution in [0.25, 0.3) is 0 Å². The SMILES string of the molecule is C[C@H](CNC[C@]1(O)CCSC1)c1ccc(F)cc1. The predicted octanol–water partition coefficient (Wildman–Crippen LogP) is 2.39. The van der Waals surface area contributed by atoms with E-state index in [-0.39, 0.29) is 5.82 Å². The number of hydrogen-bond donors (Lipinski definition) is 2. The van der Waals surface area contributed by atoms with Crippen LogP contribution in [-0.4, -0.2) is 35.3 Å². The smallest absolute Gasteiger partial charge is 0.123 e. The second kappa shape index (κ2) is 6.04. The summed E-state index contributed by atoms with van der Waals surface area (Å²) in [5.41, 5.74) is 0.587. The Balaban J connectivity index is 1.77. The van der Waals surface area contributed by atoms with Crippen LogP contribution in [-0.2, 0) is 0 Å². The molecule has 0 spiro atoms. The lowest BCUT2D eigenvalue weighted by Crippen LogP contribution is -2.41. The first-order valence-electron chi connectivity index (χ1n) is 6.35. The molecule has 0 unspecified atom stereocenters. The van der Waals surface area contributed by atoms with Crippen molar-refractivity contribution in [3.05, 3.63) is 35.6 Å². The molecule has 0 saturated carbocycles. The summed E-state index contributed by atoms with van der Waals surface area (Å²) in [6.45, 7) is 3.55. The highest BCUT2D eigenvalue weighted by Gasteiger charge is 2.31. The van der Waals surface area contributed by atoms with Crippen LogP contribution in [0.5, 0.6) is 0 Å². The van der Waals surface area contributed by atoms with Crippen molar-refractivity contribution in [2.45, 2.75) is 24.9 Å². The molecular weight excluding hydrogens is 249 g/mol. The molecule has 1 heterocycles. The molecule has 4 heteroatoms. The van der Waals surface area contributed by atoms with Crippen molar-refractivity contribution < 1.29 is 9.50 Å². The van der Waals surface area contributed by atoms with E-state index in [1.165, 1.54) is 12.1 Å². The Morgan fingerprint density at radius 2 is 2.17 bits per heavy atom. The molecule has 1 aromatic rings. The minimum atomic E-state index is -0.535. The monoisotopic (exact) mass is 269 g/mol. The van der Waals surface area contributed by atoms with Gasteiger partial charge in [-0.15, -0.1) is 0 Å². The molecule has 1 fully saturated rings. The van der Waals surface area contributed by atoms with Gasteiger partial charge in [0.05, 0.1) is 5.60 Å². The van der Waals surface area contributed by atoms with Crippen LogP contribution in [0.3, 0.4) is 0 Å². The first kappa shape index (κ1) is 13.8. The molecule has 2 N–H and O–H groups in total. The molecule has 1 aromatic carbocycles. The Kier molecular flexibility index (Phi) is 4.65. The van der Waals surface area contributed by atoms with Crippen molar-refractivity contribution in [3.8, 4) is 0 Å². The van der Waals surface area contributed by atoms with Gasteiger partial charge in [0.25, 0.3) is 0 Å². The van der Waals surface area contributed by atoms with E-state index in [1.54, 1.807) is 11.8 Å². The standard InChI is InChI=1S/C14H20FNOS/c1-11(12-2-4-13(15)5-3-12)8-16-9-14(17)6-7-18-10-14/h2-5,11,16-17H,6-10H2,1H3/t11-,14-/m1/s1. The third-order valence-corrected chi connectivity index (χ3v) is 4.66. The molecule has 2 nitrogen and oxygen atoms in total. The fourth-order valence-electron chi connectivity index (χ4n) is 2.17. The lowest BCUT2D eigenvalue weighted by atomic mass is 10.00. The zero-order chi connectivity index (χ0) is 13.0. The van der Waals surface area contributed by atoms with Crippen LogP contribution in [0.15, 0.2) is 24.3 Å². The summed E-state index contributed by atoms with van der Waals surface area (Å²) in [5, 5.41) is 13.5. The van der Waals surface area contributed by atoms with Crippen molar-refractivity contribution in [2.24, 2.45) is 0 Å². The minimum Gasteiger partial charge on any atom is -0.388 e. The average molecular weight is 269 g/mol. The Labute approximate surface area is 112 Å². The van der Waals surface area contributed by atoms with E-state index in [4.69, 9.17) is 0 Å². The largest absolute Gasteiger partial charge is 0.388 e. The van der Waals surface area contributed by atoms with Gasteiger partial charge in [0.15, 0.2) is 0 Å². The van der Waals surface area contributed by atoms with Gasteiger partial charge in [-0.1, -0.05) is 19.1 Å². The minimum absolute atomic E-state index is 0.198. The maximum absolute atomic E-state index is 12.8. The Morgan fingerprint density at radius 1 is 1.44 bits per heavy atom. The number of aliphatic hydroxyl groups is 1. The number of thioether (sulfide) groups is 1. The molecule has 0 aliphatic carbocycles. The molecule has 2 atom stereocenters. The van der Waals surface area contributed by atoms with Crippen LogP contribution in [0, 0.1) is 5.82 Å². The highest BCUT2D eigenvalue weighted by molar-refractivity contribution is 7.99. The summed E-state index contributed by atoms with van der Waals surface area (Å²) in [4.78, 5) is 0. The third-order valence-electron chi connectivity index (χ3n) is 3.43. The first-order valence-corrected chi connectivity index (χ1v) is 7.51. The van der Waals surface area contributed by atoms with E-state index in [2.05, 4.69) is 12.2 Å². The third kappa shape index (κ3) is 3.70. The van der Waals surface area contributed by atoms with Gasteiger partial charge in [-0.2, -0.15) is 11.8 Å². The molecule has 0 amide bonds. The first-order chi connectivity index (χ1) is 8.59. The predicted molar refractivity (Wildman–Crippen MR) is 74.6 cm³/mol. The fourth-order valence-corrected chi connectivity index (χ4v) is 3.46. The van der Waals surface area contributed by atoms with Crippen LogP contribution in [0.1, 0.15) is 24.8 Å². The van der Waals surface area contributed by atoms with Crippen LogP contribution >= 0.6 is 11.8 Å². The normalized spacial score (nSPS) is 25.3. The van der Waals surface area contributed by atoms with Gasteiger partial charge in [0.2, 0.25) is 0 Å². The zero-order valence-electron chi connectivity index (χ0n) is 10.7. The average Bonchev–Trinajstić information content (AvgIpc) is 2.77. The van der Waals surface area contributed by atoms with Gasteiger partial charge < -0.3 is 10.4 Å². The number of halogens is 1. The maximum atomic E-state index is 12.8. The van der Waals surface area contributed by atoms with Gasteiger partial charge >= 0.3 is 0 Å². The van der Waals surface area contributed by atoms with E-state index in [0.717, 1.165) is 30.0 Å². The van der Waals surface area contributed by atoms with E-state index in [0.29, 0.717) is 12.5 Å². The van der Waals surface area contributed by atoms with Crippen molar-refractivity contribution in [2.75, 3.05) is 24.6 Å². The number of rotatable bonds is 5. The molecule has 18 heavy (non-hydrogen) atoms. The van der Waals surface area contributed by atoms with E-state index in [9.17, 15) is 9.50 Å². The number of nitrogens with one attached hydrogen (secondary N) is 1. The molecule has 0 bridgehead atoms. The molecule has 0 aromatic heterocycles. The maximum Gasteiger partial charge on any atom is 0.123 e. The summed E-state index contributed by atoms with van der Waals surface area (Å²) >= 11 is 1.81. The molecular formula is C14H20FNOS. The van der Waals surface area contributed by atoms with Gasteiger partial charge in [-0.3, -0.25) is 0 Å². The molecule has 1 aliphatic heterocycles. The zero-order valence-corrected chi connectivity index (χ0v) is 11.5. The van der Waals surface area contributed by atoms with E-state index >= 15 is 0 Å². The summed E-state index contributed by atoms with van der Waals surface area (Å²) in [6.07, 6.45) is 0.871. The van der Waals surface area contributed by atoms with Crippen molar-refractivity contribution >= 4 is 11.8 Å². The molecule has 2 rings (SSSR count). The van der Waals surface area contributed by atoms with Crippen LogP contribution in [0.2, 0.25) is 0 Å². The Morgan fingerprint density at radius 3 is 2.78 bits per heavy atom. The summed E-state index contributed by atoms with van der Waals surface area (Å²) in [6, 6.07) is 6.63. The summed E-state index contributed by atoms with van der Waals surface area (Å²) in [7, 11) is 0. The Bertz CT molecular complexity index is 376. The highest BCUT2D eigenvalue weighted by Crippen LogP contribution is 2.27. The lowest BCUT2D eigenvalue weighted by Gasteiger charge is -2.23. The summed E-state index contributed by atoms with van der Waals surface area (Å²) in [5.74, 6) is 2.00. The van der Waals surface area contributed by atoms with Crippen LogP contribution in [0.4, 0.5) is 4.39 Å². The number of benzene rings is 1. The van der Waals surface area contributed by atoms with Crippen molar-refractivity contribution in [3.63, 3.8) is 0 Å². The fraction of sp³-hybridized carbons (Fsp3) is 0.571. The van der Waals surface area contributed by atoms with Gasteiger partial charge in [0.1, 0.15) is 5.82 Å². The van der Waals surface area contributed by atoms with Crippen molar-refractivity contribution in [1.29, 1.82) is 0 Å². The highest BCUT2D eigenvalue weighted by atomic mass is 32.2. The topological polar surface area (TPSA) is 32.3 Å². The van der Waals surface area contributed by atoms with Crippen molar-refractivity contribution in [1.82, 2.24) is 5.32 Å².